The monoisotopic (exact) mass is 147 g/mol. The standard InChI is InChI=1S/C7H18NP/c1-8-4-6-9(2,3)7-5-8/h9H,4-7H2,1-3H3. The first-order valence-electron chi connectivity index (χ1n) is 3.79. The van der Waals surface area contributed by atoms with Gasteiger partial charge in [0.1, 0.15) is 0 Å². The fourth-order valence-corrected chi connectivity index (χ4v) is 3.45. The Balaban J connectivity index is 2.35. The Hall–Kier alpha value is 0.390. The maximum absolute atomic E-state index is 2.50. The molecule has 0 aromatic carbocycles. The second-order valence-corrected chi connectivity index (χ2v) is 9.30. The fraction of sp³-hybridized carbons (Fsp3) is 1.00. The molecule has 2 heteroatoms. The van der Waals surface area contributed by atoms with Gasteiger partial charge in [-0.2, -0.15) is 0 Å². The maximum atomic E-state index is 2.50. The van der Waals surface area contributed by atoms with Crippen molar-refractivity contribution in [1.29, 1.82) is 0 Å². The second-order valence-electron chi connectivity index (χ2n) is 3.97. The molecule has 1 saturated heterocycles. The van der Waals surface area contributed by atoms with E-state index in [1.165, 1.54) is 25.4 Å². The van der Waals surface area contributed by atoms with E-state index in [1.54, 1.807) is 0 Å². The number of hydrogen-bond acceptors (Lipinski definition) is 1. The number of rotatable bonds is 0. The van der Waals surface area contributed by atoms with Crippen molar-refractivity contribution in [3.05, 3.63) is 0 Å². The van der Waals surface area contributed by atoms with Crippen molar-refractivity contribution in [3.63, 3.8) is 0 Å². The van der Waals surface area contributed by atoms with Gasteiger partial charge in [0.2, 0.25) is 0 Å². The molecule has 0 bridgehead atoms. The van der Waals surface area contributed by atoms with Gasteiger partial charge in [-0.1, -0.05) is 0 Å². The van der Waals surface area contributed by atoms with Crippen LogP contribution in [-0.4, -0.2) is 50.7 Å². The first-order chi connectivity index (χ1) is 4.10. The van der Waals surface area contributed by atoms with Crippen LogP contribution in [0.2, 0.25) is 0 Å². The zero-order valence-electron chi connectivity index (χ0n) is 6.78. The third-order valence-corrected chi connectivity index (χ3v) is 5.49. The molecule has 0 atom stereocenters. The minimum absolute atomic E-state index is 0.674. The summed E-state index contributed by atoms with van der Waals surface area (Å²) in [5, 5.41) is 0. The van der Waals surface area contributed by atoms with Crippen LogP contribution in [0.3, 0.4) is 0 Å². The van der Waals surface area contributed by atoms with Crippen LogP contribution in [0.1, 0.15) is 0 Å². The molecule has 0 amide bonds. The molecule has 1 aliphatic heterocycles. The van der Waals surface area contributed by atoms with E-state index < -0.39 is 7.26 Å². The van der Waals surface area contributed by atoms with Crippen molar-refractivity contribution in [1.82, 2.24) is 4.90 Å². The van der Waals surface area contributed by atoms with Crippen molar-refractivity contribution in [2.75, 3.05) is 45.8 Å². The van der Waals surface area contributed by atoms with Crippen molar-refractivity contribution in [2.45, 2.75) is 0 Å². The van der Waals surface area contributed by atoms with E-state index in [2.05, 4.69) is 25.3 Å². The van der Waals surface area contributed by atoms with Gasteiger partial charge < -0.3 is 0 Å². The molecule has 1 fully saturated rings. The summed E-state index contributed by atoms with van der Waals surface area (Å²) >= 11 is 0. The van der Waals surface area contributed by atoms with Crippen LogP contribution in [0, 0.1) is 0 Å². The van der Waals surface area contributed by atoms with Gasteiger partial charge in [0.15, 0.2) is 0 Å². The Labute approximate surface area is 58.8 Å². The quantitative estimate of drug-likeness (QED) is 0.461. The molecular weight excluding hydrogens is 129 g/mol. The van der Waals surface area contributed by atoms with Gasteiger partial charge in [0.25, 0.3) is 0 Å². The van der Waals surface area contributed by atoms with Gasteiger partial charge in [-0.25, -0.2) is 0 Å². The Morgan fingerprint density at radius 3 is 1.89 bits per heavy atom. The van der Waals surface area contributed by atoms with Gasteiger partial charge in [0.05, 0.1) is 0 Å². The molecule has 0 spiro atoms. The molecule has 1 rings (SSSR count). The van der Waals surface area contributed by atoms with Crippen LogP contribution in [0.4, 0.5) is 0 Å². The van der Waals surface area contributed by atoms with E-state index in [4.69, 9.17) is 0 Å². The van der Waals surface area contributed by atoms with Crippen molar-refractivity contribution >= 4 is 7.26 Å². The molecular formula is C7H18NP. The normalized spacial score (nSPS) is 31.9. The zero-order chi connectivity index (χ0) is 6.91. The predicted octanol–water partition coefficient (Wildman–Crippen LogP) is 0.941. The average Bonchev–Trinajstić information content (AvgIpc) is 1.78. The molecule has 1 heterocycles. The van der Waals surface area contributed by atoms with E-state index in [-0.39, 0.29) is 0 Å². The SMILES string of the molecule is CN1CC[PH](C)(C)CC1. The summed E-state index contributed by atoms with van der Waals surface area (Å²) in [6.07, 6.45) is 3.01. The van der Waals surface area contributed by atoms with Crippen LogP contribution >= 0.6 is 7.26 Å². The van der Waals surface area contributed by atoms with Gasteiger partial charge in [0, 0.05) is 0 Å². The summed E-state index contributed by atoms with van der Waals surface area (Å²) in [7, 11) is 1.55. The fourth-order valence-electron chi connectivity index (χ4n) is 1.22. The molecule has 0 aromatic heterocycles. The molecule has 0 N–H and O–H groups in total. The molecule has 9 heavy (non-hydrogen) atoms. The van der Waals surface area contributed by atoms with E-state index >= 15 is 0 Å². The third kappa shape index (κ3) is 2.23. The Morgan fingerprint density at radius 2 is 1.56 bits per heavy atom. The molecule has 0 aliphatic carbocycles. The Kier molecular flexibility index (Phi) is 2.13. The Bertz CT molecular complexity index is 91.1. The van der Waals surface area contributed by atoms with Crippen LogP contribution in [-0.2, 0) is 0 Å². The van der Waals surface area contributed by atoms with Gasteiger partial charge in [-0.15, -0.1) is 0 Å². The molecule has 0 aromatic rings. The third-order valence-electron chi connectivity index (χ3n) is 2.34. The Morgan fingerprint density at radius 1 is 1.11 bits per heavy atom. The van der Waals surface area contributed by atoms with Gasteiger partial charge in [-0.3, -0.25) is 0 Å². The second kappa shape index (κ2) is 2.56. The summed E-state index contributed by atoms with van der Waals surface area (Å²) in [5.41, 5.74) is 0. The number of hydrogen-bond donors (Lipinski definition) is 0. The molecule has 56 valence electrons. The first kappa shape index (κ1) is 7.50. The zero-order valence-corrected chi connectivity index (χ0v) is 7.78. The number of nitrogens with zero attached hydrogens (tertiary/aromatic N) is 1. The van der Waals surface area contributed by atoms with Crippen molar-refractivity contribution < 1.29 is 0 Å². The summed E-state index contributed by atoms with van der Waals surface area (Å²) in [6.45, 7) is 7.69. The molecule has 0 saturated carbocycles. The average molecular weight is 147 g/mol. The summed E-state index contributed by atoms with van der Waals surface area (Å²) in [5.74, 6) is 0. The van der Waals surface area contributed by atoms with E-state index in [0.717, 1.165) is 0 Å². The topological polar surface area (TPSA) is 3.24 Å². The van der Waals surface area contributed by atoms with E-state index in [0.29, 0.717) is 0 Å². The van der Waals surface area contributed by atoms with Crippen LogP contribution in [0.5, 0.6) is 0 Å². The van der Waals surface area contributed by atoms with Crippen LogP contribution in [0.25, 0.3) is 0 Å². The summed E-state index contributed by atoms with van der Waals surface area (Å²) < 4.78 is 0. The van der Waals surface area contributed by atoms with Crippen molar-refractivity contribution in [2.24, 2.45) is 0 Å². The summed E-state index contributed by atoms with van der Waals surface area (Å²) in [4.78, 5) is 2.44. The molecule has 0 radical (unpaired) electrons. The molecule has 1 aliphatic rings. The minimum atomic E-state index is -0.674. The van der Waals surface area contributed by atoms with Crippen LogP contribution in [0.15, 0.2) is 0 Å². The van der Waals surface area contributed by atoms with Gasteiger partial charge >= 0.3 is 58.0 Å². The van der Waals surface area contributed by atoms with Crippen molar-refractivity contribution in [3.8, 4) is 0 Å². The van der Waals surface area contributed by atoms with E-state index in [9.17, 15) is 0 Å². The van der Waals surface area contributed by atoms with Crippen LogP contribution < -0.4 is 0 Å². The van der Waals surface area contributed by atoms with E-state index in [1.807, 2.05) is 0 Å². The van der Waals surface area contributed by atoms with Gasteiger partial charge in [-0.05, 0) is 0 Å². The summed E-state index contributed by atoms with van der Waals surface area (Å²) in [6, 6.07) is 0. The molecule has 0 unspecified atom stereocenters. The first-order valence-corrected chi connectivity index (χ1v) is 7.20. The molecule has 1 nitrogen and oxygen atoms in total. The predicted molar refractivity (Wildman–Crippen MR) is 47.4 cm³/mol.